The van der Waals surface area contributed by atoms with Gasteiger partial charge in [0.25, 0.3) is 0 Å². The van der Waals surface area contributed by atoms with E-state index in [1.54, 1.807) is 0 Å². The van der Waals surface area contributed by atoms with Crippen molar-refractivity contribution < 1.29 is 19.0 Å². The van der Waals surface area contributed by atoms with Crippen LogP contribution < -0.4 is 0 Å². The minimum absolute atomic E-state index is 0.0497. The Bertz CT molecular complexity index is 441. The molecular weight excluding hydrogens is 273 g/mol. The molecule has 1 aliphatic heterocycles. The van der Waals surface area contributed by atoms with Crippen LogP contribution in [0.4, 0.5) is 4.39 Å². The van der Waals surface area contributed by atoms with Crippen molar-refractivity contribution in [3.05, 3.63) is 35.6 Å². The second-order valence-electron chi connectivity index (χ2n) is 5.32. The molecular formula is C16H22FNO3. The lowest BCUT2D eigenvalue weighted by Crippen LogP contribution is -2.38. The summed E-state index contributed by atoms with van der Waals surface area (Å²) in [5.74, 6) is -0.273. The number of rotatable bonds is 7. The molecule has 2 rings (SSSR count). The lowest BCUT2D eigenvalue weighted by Gasteiger charge is -2.31. The van der Waals surface area contributed by atoms with Crippen LogP contribution in [0, 0.1) is 5.82 Å². The number of aliphatic hydroxyl groups excluding tert-OH is 1. The zero-order valence-corrected chi connectivity index (χ0v) is 12.1. The summed E-state index contributed by atoms with van der Waals surface area (Å²) in [6, 6.07) is 5.70. The maximum Gasteiger partial charge on any atom is 0.164 e. The zero-order valence-electron chi connectivity index (χ0n) is 12.1. The fourth-order valence-electron chi connectivity index (χ4n) is 2.56. The Morgan fingerprint density at radius 3 is 2.57 bits per heavy atom. The number of aliphatic hydroxyl groups is 1. The van der Waals surface area contributed by atoms with Crippen LogP contribution >= 0.6 is 0 Å². The Hall–Kier alpha value is -1.30. The molecule has 21 heavy (non-hydrogen) atoms. The third kappa shape index (κ3) is 5.19. The predicted molar refractivity (Wildman–Crippen MR) is 77.8 cm³/mol. The largest absolute Gasteiger partial charge is 0.394 e. The van der Waals surface area contributed by atoms with Crippen LogP contribution in [0.15, 0.2) is 24.3 Å². The number of hydrogen-bond donors (Lipinski definition) is 1. The second kappa shape index (κ2) is 8.22. The van der Waals surface area contributed by atoms with E-state index in [2.05, 4.69) is 4.90 Å². The average Bonchev–Trinajstić information content (AvgIpc) is 2.52. The van der Waals surface area contributed by atoms with Crippen LogP contribution in [0.5, 0.6) is 0 Å². The van der Waals surface area contributed by atoms with Gasteiger partial charge in [-0.1, -0.05) is 0 Å². The van der Waals surface area contributed by atoms with Crippen molar-refractivity contribution in [1.29, 1.82) is 0 Å². The maximum atomic E-state index is 12.8. The number of ether oxygens (including phenoxy) is 1. The van der Waals surface area contributed by atoms with Gasteiger partial charge in [0.05, 0.1) is 19.3 Å². The van der Waals surface area contributed by atoms with Gasteiger partial charge in [0, 0.05) is 31.6 Å². The third-order valence-electron chi connectivity index (χ3n) is 3.80. The van der Waals surface area contributed by atoms with E-state index in [0.29, 0.717) is 18.6 Å². The molecule has 1 aliphatic rings. The second-order valence-corrected chi connectivity index (χ2v) is 5.32. The van der Waals surface area contributed by atoms with Gasteiger partial charge in [-0.05, 0) is 37.1 Å². The summed E-state index contributed by atoms with van der Waals surface area (Å²) in [7, 11) is 0. The number of hydrogen-bond acceptors (Lipinski definition) is 4. The third-order valence-corrected chi connectivity index (χ3v) is 3.80. The maximum absolute atomic E-state index is 12.8. The first-order valence-electron chi connectivity index (χ1n) is 7.42. The summed E-state index contributed by atoms with van der Waals surface area (Å²) in [4.78, 5) is 14.3. The van der Waals surface area contributed by atoms with Crippen LogP contribution in [-0.2, 0) is 4.74 Å². The van der Waals surface area contributed by atoms with Crippen molar-refractivity contribution in [3.63, 3.8) is 0 Å². The Morgan fingerprint density at radius 1 is 1.29 bits per heavy atom. The summed E-state index contributed by atoms with van der Waals surface area (Å²) in [5.41, 5.74) is 0.567. The minimum Gasteiger partial charge on any atom is -0.394 e. The van der Waals surface area contributed by atoms with E-state index in [4.69, 9.17) is 9.84 Å². The summed E-state index contributed by atoms with van der Waals surface area (Å²) in [5, 5.41) is 8.72. The SMILES string of the molecule is O=C(CCN1CCC(OCCO)CC1)c1ccc(F)cc1. The molecule has 0 spiro atoms. The number of piperidine rings is 1. The molecule has 0 saturated carbocycles. The zero-order chi connectivity index (χ0) is 15.1. The number of likely N-dealkylation sites (tertiary alicyclic amines) is 1. The van der Waals surface area contributed by atoms with Gasteiger partial charge in [-0.3, -0.25) is 4.79 Å². The van der Waals surface area contributed by atoms with Crippen molar-refractivity contribution >= 4 is 5.78 Å². The van der Waals surface area contributed by atoms with Gasteiger partial charge in [-0.2, -0.15) is 0 Å². The molecule has 1 aromatic rings. The number of carbonyl (C=O) groups is 1. The predicted octanol–water partition coefficient (Wildman–Crippen LogP) is 1.87. The first kappa shape index (κ1) is 16.1. The van der Waals surface area contributed by atoms with Crippen molar-refractivity contribution in [2.75, 3.05) is 32.8 Å². The van der Waals surface area contributed by atoms with E-state index < -0.39 is 0 Å². The lowest BCUT2D eigenvalue weighted by atomic mass is 10.1. The monoisotopic (exact) mass is 295 g/mol. The van der Waals surface area contributed by atoms with Crippen LogP contribution in [0.2, 0.25) is 0 Å². The topological polar surface area (TPSA) is 49.8 Å². The number of carbonyl (C=O) groups excluding carboxylic acids is 1. The molecule has 0 radical (unpaired) electrons. The molecule has 0 bridgehead atoms. The van der Waals surface area contributed by atoms with Gasteiger partial charge < -0.3 is 14.7 Å². The van der Waals surface area contributed by atoms with Gasteiger partial charge >= 0.3 is 0 Å². The summed E-state index contributed by atoms with van der Waals surface area (Å²) in [6.45, 7) is 3.00. The number of nitrogens with zero attached hydrogens (tertiary/aromatic N) is 1. The number of halogens is 1. The molecule has 1 fully saturated rings. The fourth-order valence-corrected chi connectivity index (χ4v) is 2.56. The summed E-state index contributed by atoms with van der Waals surface area (Å²) in [6.07, 6.45) is 2.55. The number of ketones is 1. The molecule has 1 aromatic carbocycles. The highest BCUT2D eigenvalue weighted by molar-refractivity contribution is 5.96. The van der Waals surface area contributed by atoms with E-state index in [-0.39, 0.29) is 24.3 Å². The van der Waals surface area contributed by atoms with E-state index in [0.717, 1.165) is 32.5 Å². The van der Waals surface area contributed by atoms with Crippen LogP contribution in [-0.4, -0.2) is 54.7 Å². The van der Waals surface area contributed by atoms with Gasteiger partial charge in [0.15, 0.2) is 5.78 Å². The van der Waals surface area contributed by atoms with E-state index in [1.165, 1.54) is 24.3 Å². The lowest BCUT2D eigenvalue weighted by molar-refractivity contribution is -0.00760. The number of benzene rings is 1. The Balaban J connectivity index is 1.69. The highest BCUT2D eigenvalue weighted by Crippen LogP contribution is 2.14. The van der Waals surface area contributed by atoms with Gasteiger partial charge in [-0.25, -0.2) is 4.39 Å². The Kier molecular flexibility index (Phi) is 6.29. The Morgan fingerprint density at radius 2 is 1.95 bits per heavy atom. The normalized spacial score (nSPS) is 17.0. The molecule has 0 aromatic heterocycles. The molecule has 4 nitrogen and oxygen atoms in total. The minimum atomic E-state index is -0.323. The van der Waals surface area contributed by atoms with Gasteiger partial charge in [0.2, 0.25) is 0 Å². The molecule has 0 atom stereocenters. The number of Topliss-reactive ketones (excluding diaryl/α,β-unsaturated/α-hetero) is 1. The average molecular weight is 295 g/mol. The van der Waals surface area contributed by atoms with Crippen LogP contribution in [0.1, 0.15) is 29.6 Å². The standard InChI is InChI=1S/C16H22FNO3/c17-14-3-1-13(2-4-14)16(20)7-10-18-8-5-15(6-9-18)21-12-11-19/h1-4,15,19H,5-12H2. The Labute approximate surface area is 124 Å². The van der Waals surface area contributed by atoms with E-state index in [1.807, 2.05) is 0 Å². The molecule has 5 heteroatoms. The summed E-state index contributed by atoms with van der Waals surface area (Å²) < 4.78 is 18.3. The molecule has 0 amide bonds. The van der Waals surface area contributed by atoms with E-state index >= 15 is 0 Å². The van der Waals surface area contributed by atoms with Crippen molar-refractivity contribution in [3.8, 4) is 0 Å². The van der Waals surface area contributed by atoms with Crippen molar-refractivity contribution in [1.82, 2.24) is 4.90 Å². The van der Waals surface area contributed by atoms with Gasteiger partial charge in [-0.15, -0.1) is 0 Å². The van der Waals surface area contributed by atoms with Crippen molar-refractivity contribution in [2.45, 2.75) is 25.4 Å². The first-order chi connectivity index (χ1) is 10.2. The van der Waals surface area contributed by atoms with E-state index in [9.17, 15) is 9.18 Å². The highest BCUT2D eigenvalue weighted by atomic mass is 19.1. The van der Waals surface area contributed by atoms with Gasteiger partial charge in [0.1, 0.15) is 5.82 Å². The fraction of sp³-hybridized carbons (Fsp3) is 0.562. The smallest absolute Gasteiger partial charge is 0.164 e. The first-order valence-corrected chi connectivity index (χ1v) is 7.42. The molecule has 0 aliphatic carbocycles. The molecule has 1 saturated heterocycles. The molecule has 1 N–H and O–H groups in total. The van der Waals surface area contributed by atoms with Crippen molar-refractivity contribution in [2.24, 2.45) is 0 Å². The molecule has 116 valence electrons. The van der Waals surface area contributed by atoms with Crippen LogP contribution in [0.3, 0.4) is 0 Å². The van der Waals surface area contributed by atoms with Crippen LogP contribution in [0.25, 0.3) is 0 Å². The highest BCUT2D eigenvalue weighted by Gasteiger charge is 2.20. The quantitative estimate of drug-likeness (QED) is 0.780. The summed E-state index contributed by atoms with van der Waals surface area (Å²) >= 11 is 0. The molecule has 1 heterocycles. The molecule has 0 unspecified atom stereocenters.